The summed E-state index contributed by atoms with van der Waals surface area (Å²) in [5.41, 5.74) is 0. The highest BCUT2D eigenvalue weighted by molar-refractivity contribution is 4.84. The molecule has 0 aromatic carbocycles. The fraction of sp³-hybridized carbons (Fsp3) is 0.857. The number of hydrogen-bond acceptors (Lipinski definition) is 2. The maximum Gasteiger partial charge on any atom is 0.0602 e. The Hall–Kier alpha value is -0.340. The van der Waals surface area contributed by atoms with Crippen molar-refractivity contribution in [2.45, 2.75) is 64.4 Å². The SMILES string of the molecule is C=C[C@@H](CCCCCC)[C@@H](O)CCCCO. The highest BCUT2D eigenvalue weighted by Gasteiger charge is 2.14. The van der Waals surface area contributed by atoms with Gasteiger partial charge in [0, 0.05) is 12.5 Å². The molecule has 2 nitrogen and oxygen atoms in total. The molecule has 0 saturated carbocycles. The molecule has 2 N–H and O–H groups in total. The Morgan fingerprint density at radius 1 is 1.06 bits per heavy atom. The van der Waals surface area contributed by atoms with Crippen LogP contribution in [0.25, 0.3) is 0 Å². The van der Waals surface area contributed by atoms with Crippen LogP contribution in [0, 0.1) is 5.92 Å². The van der Waals surface area contributed by atoms with Gasteiger partial charge in [-0.05, 0) is 25.7 Å². The predicted octanol–water partition coefficient (Wildman–Crippen LogP) is 3.28. The zero-order valence-electron chi connectivity index (χ0n) is 10.7. The van der Waals surface area contributed by atoms with Crippen LogP contribution in [-0.4, -0.2) is 22.9 Å². The molecule has 0 bridgehead atoms. The van der Waals surface area contributed by atoms with E-state index < -0.39 is 0 Å². The van der Waals surface area contributed by atoms with Gasteiger partial charge < -0.3 is 10.2 Å². The van der Waals surface area contributed by atoms with Gasteiger partial charge in [0.1, 0.15) is 0 Å². The van der Waals surface area contributed by atoms with Crippen molar-refractivity contribution in [1.82, 2.24) is 0 Å². The molecule has 16 heavy (non-hydrogen) atoms. The highest BCUT2D eigenvalue weighted by atomic mass is 16.3. The summed E-state index contributed by atoms with van der Waals surface area (Å²) in [6.07, 6.45) is 10.1. The molecule has 96 valence electrons. The van der Waals surface area contributed by atoms with Gasteiger partial charge in [-0.15, -0.1) is 6.58 Å². The average Bonchev–Trinajstić information content (AvgIpc) is 2.29. The average molecular weight is 228 g/mol. The van der Waals surface area contributed by atoms with E-state index in [9.17, 15) is 5.11 Å². The highest BCUT2D eigenvalue weighted by Crippen LogP contribution is 2.19. The van der Waals surface area contributed by atoms with Crippen molar-refractivity contribution in [3.63, 3.8) is 0 Å². The lowest BCUT2D eigenvalue weighted by atomic mass is 9.92. The first-order valence-electron chi connectivity index (χ1n) is 6.67. The molecule has 0 aromatic heterocycles. The minimum Gasteiger partial charge on any atom is -0.396 e. The van der Waals surface area contributed by atoms with E-state index in [1.807, 2.05) is 6.08 Å². The number of aliphatic hydroxyl groups is 2. The van der Waals surface area contributed by atoms with Gasteiger partial charge in [0.05, 0.1) is 6.10 Å². The minimum atomic E-state index is -0.273. The molecule has 0 aliphatic carbocycles. The van der Waals surface area contributed by atoms with E-state index in [2.05, 4.69) is 13.5 Å². The van der Waals surface area contributed by atoms with Crippen molar-refractivity contribution >= 4 is 0 Å². The molecular weight excluding hydrogens is 200 g/mol. The molecule has 0 amide bonds. The number of unbranched alkanes of at least 4 members (excludes halogenated alkanes) is 4. The Balaban J connectivity index is 3.65. The summed E-state index contributed by atoms with van der Waals surface area (Å²) in [5.74, 6) is 0.232. The van der Waals surface area contributed by atoms with Crippen molar-refractivity contribution in [2.75, 3.05) is 6.61 Å². The van der Waals surface area contributed by atoms with Crippen LogP contribution in [0.15, 0.2) is 12.7 Å². The van der Waals surface area contributed by atoms with Crippen LogP contribution >= 0.6 is 0 Å². The molecule has 2 heteroatoms. The summed E-state index contributed by atoms with van der Waals surface area (Å²) in [4.78, 5) is 0. The van der Waals surface area contributed by atoms with Gasteiger partial charge in [-0.25, -0.2) is 0 Å². The molecule has 0 aliphatic rings. The Morgan fingerprint density at radius 3 is 2.31 bits per heavy atom. The largest absolute Gasteiger partial charge is 0.396 e. The molecule has 0 spiro atoms. The summed E-state index contributed by atoms with van der Waals surface area (Å²) in [6.45, 7) is 6.23. The van der Waals surface area contributed by atoms with E-state index >= 15 is 0 Å². The summed E-state index contributed by atoms with van der Waals surface area (Å²) < 4.78 is 0. The van der Waals surface area contributed by atoms with Crippen LogP contribution in [0.3, 0.4) is 0 Å². The lowest BCUT2D eigenvalue weighted by molar-refractivity contribution is 0.110. The number of rotatable bonds is 11. The molecule has 0 saturated heterocycles. The van der Waals surface area contributed by atoms with Gasteiger partial charge in [0.25, 0.3) is 0 Å². The fourth-order valence-corrected chi connectivity index (χ4v) is 1.95. The van der Waals surface area contributed by atoms with Crippen molar-refractivity contribution in [3.05, 3.63) is 12.7 Å². The smallest absolute Gasteiger partial charge is 0.0602 e. The van der Waals surface area contributed by atoms with Crippen molar-refractivity contribution in [3.8, 4) is 0 Å². The first-order valence-corrected chi connectivity index (χ1v) is 6.67. The van der Waals surface area contributed by atoms with Gasteiger partial charge in [-0.1, -0.05) is 38.7 Å². The molecule has 0 radical (unpaired) electrons. The number of aliphatic hydroxyl groups excluding tert-OH is 2. The topological polar surface area (TPSA) is 40.5 Å². The summed E-state index contributed by atoms with van der Waals surface area (Å²) >= 11 is 0. The van der Waals surface area contributed by atoms with E-state index in [4.69, 9.17) is 5.11 Å². The van der Waals surface area contributed by atoms with E-state index in [1.54, 1.807) is 0 Å². The van der Waals surface area contributed by atoms with Gasteiger partial charge in [0.15, 0.2) is 0 Å². The first kappa shape index (κ1) is 15.7. The lowest BCUT2D eigenvalue weighted by Gasteiger charge is -2.19. The van der Waals surface area contributed by atoms with Crippen molar-refractivity contribution in [2.24, 2.45) is 5.92 Å². The van der Waals surface area contributed by atoms with Crippen LogP contribution in [0.2, 0.25) is 0 Å². The molecule has 0 aliphatic heterocycles. The van der Waals surface area contributed by atoms with Gasteiger partial charge >= 0.3 is 0 Å². The standard InChI is InChI=1S/C14H28O2/c1-3-5-6-7-10-13(4-2)14(16)11-8-9-12-15/h4,13-16H,2-3,5-12H2,1H3/t13-,14-/m0/s1. The second-order valence-corrected chi connectivity index (χ2v) is 4.54. The van der Waals surface area contributed by atoms with E-state index in [-0.39, 0.29) is 18.6 Å². The molecule has 0 fully saturated rings. The Labute approximate surface area is 100 Å². The summed E-state index contributed by atoms with van der Waals surface area (Å²) in [7, 11) is 0. The van der Waals surface area contributed by atoms with Crippen LogP contribution in [-0.2, 0) is 0 Å². The van der Waals surface area contributed by atoms with E-state index in [1.165, 1.54) is 25.7 Å². The first-order chi connectivity index (χ1) is 7.76. The monoisotopic (exact) mass is 228 g/mol. The third-order valence-electron chi connectivity index (χ3n) is 3.10. The maximum atomic E-state index is 9.94. The van der Waals surface area contributed by atoms with Crippen molar-refractivity contribution in [1.29, 1.82) is 0 Å². The van der Waals surface area contributed by atoms with Gasteiger partial charge in [-0.2, -0.15) is 0 Å². The summed E-state index contributed by atoms with van der Waals surface area (Å²) in [6, 6.07) is 0. The van der Waals surface area contributed by atoms with Gasteiger partial charge in [0.2, 0.25) is 0 Å². The van der Waals surface area contributed by atoms with E-state index in [0.29, 0.717) is 0 Å². The fourth-order valence-electron chi connectivity index (χ4n) is 1.95. The Morgan fingerprint density at radius 2 is 1.75 bits per heavy atom. The van der Waals surface area contributed by atoms with Crippen LogP contribution < -0.4 is 0 Å². The predicted molar refractivity (Wildman–Crippen MR) is 69.4 cm³/mol. The molecule has 0 aromatic rings. The number of hydrogen-bond donors (Lipinski definition) is 2. The maximum absolute atomic E-state index is 9.94. The minimum absolute atomic E-state index is 0.224. The van der Waals surface area contributed by atoms with Crippen LogP contribution in [0.1, 0.15) is 58.3 Å². The Bertz CT molecular complexity index is 157. The van der Waals surface area contributed by atoms with Crippen LogP contribution in [0.4, 0.5) is 0 Å². The second-order valence-electron chi connectivity index (χ2n) is 4.54. The van der Waals surface area contributed by atoms with E-state index in [0.717, 1.165) is 25.7 Å². The normalized spacial score (nSPS) is 14.7. The molecule has 0 unspecified atom stereocenters. The second kappa shape index (κ2) is 11.2. The lowest BCUT2D eigenvalue weighted by Crippen LogP contribution is -2.18. The zero-order chi connectivity index (χ0) is 12.2. The van der Waals surface area contributed by atoms with Gasteiger partial charge in [-0.3, -0.25) is 0 Å². The third-order valence-corrected chi connectivity index (χ3v) is 3.10. The summed E-state index contributed by atoms with van der Waals surface area (Å²) in [5, 5.41) is 18.6. The quantitative estimate of drug-likeness (QED) is 0.421. The molecule has 0 rings (SSSR count). The van der Waals surface area contributed by atoms with Crippen molar-refractivity contribution < 1.29 is 10.2 Å². The third kappa shape index (κ3) is 7.89. The van der Waals surface area contributed by atoms with Crippen LogP contribution in [0.5, 0.6) is 0 Å². The Kier molecular flexibility index (Phi) is 10.9. The molecule has 0 heterocycles. The zero-order valence-corrected chi connectivity index (χ0v) is 10.7. The molecular formula is C14H28O2. The molecule has 2 atom stereocenters.